The Kier molecular flexibility index (Phi) is 4.91. The van der Waals surface area contributed by atoms with Gasteiger partial charge in [-0.1, -0.05) is 6.92 Å². The third-order valence-corrected chi connectivity index (χ3v) is 6.60. The van der Waals surface area contributed by atoms with Crippen molar-refractivity contribution in [3.8, 4) is 0 Å². The topological polar surface area (TPSA) is 139 Å². The van der Waals surface area contributed by atoms with Crippen LogP contribution in [0.25, 0.3) is 0 Å². The van der Waals surface area contributed by atoms with E-state index < -0.39 is 26.3 Å². The van der Waals surface area contributed by atoms with Crippen molar-refractivity contribution >= 4 is 15.2 Å². The summed E-state index contributed by atoms with van der Waals surface area (Å²) >= 11 is 0. The van der Waals surface area contributed by atoms with Crippen molar-refractivity contribution in [1.29, 1.82) is 0 Å². The highest BCUT2D eigenvalue weighted by Gasteiger charge is 2.63. The lowest BCUT2D eigenvalue weighted by molar-refractivity contribution is 0.0551. The Morgan fingerprint density at radius 1 is 1.19 bits per heavy atom. The van der Waals surface area contributed by atoms with E-state index in [1.54, 1.807) is 6.92 Å². The van der Waals surface area contributed by atoms with Crippen molar-refractivity contribution < 1.29 is 33.8 Å². The zero-order valence-electron chi connectivity index (χ0n) is 9.18. The molecule has 0 heterocycles. The molecule has 8 nitrogen and oxygen atoms in total. The molecular formula is C6H17NO7P2. The van der Waals surface area contributed by atoms with E-state index in [1.165, 1.54) is 11.9 Å². The largest absolute Gasteiger partial charge is 0.371 e. The van der Waals surface area contributed by atoms with Crippen LogP contribution in [-0.4, -0.2) is 54.3 Å². The second-order valence-corrected chi connectivity index (χ2v) is 7.42. The highest BCUT2D eigenvalue weighted by Crippen LogP contribution is 2.69. The molecule has 0 aromatic rings. The first kappa shape index (κ1) is 16.2. The molecule has 0 saturated heterocycles. The van der Waals surface area contributed by atoms with Crippen molar-refractivity contribution in [3.05, 3.63) is 0 Å². The van der Waals surface area contributed by atoms with E-state index in [9.17, 15) is 14.2 Å². The SMILES string of the molecule is CCN(C)C(C)C(O)(P(=O)(O)O)P(=O)(O)O. The van der Waals surface area contributed by atoms with E-state index in [1.807, 2.05) is 0 Å². The third-order valence-electron chi connectivity index (χ3n) is 2.58. The Morgan fingerprint density at radius 3 is 1.69 bits per heavy atom. The second-order valence-electron chi connectivity index (χ2n) is 3.52. The van der Waals surface area contributed by atoms with Gasteiger partial charge in [0.15, 0.2) is 0 Å². The van der Waals surface area contributed by atoms with Crippen LogP contribution >= 0.6 is 15.2 Å². The van der Waals surface area contributed by atoms with E-state index in [-0.39, 0.29) is 6.54 Å². The summed E-state index contributed by atoms with van der Waals surface area (Å²) in [7, 11) is -9.37. The summed E-state index contributed by atoms with van der Waals surface area (Å²) in [5.41, 5.74) is 0. The predicted octanol–water partition coefficient (Wildman–Crippen LogP) is -0.672. The fourth-order valence-corrected chi connectivity index (χ4v) is 3.95. The molecule has 0 bridgehead atoms. The van der Waals surface area contributed by atoms with Crippen molar-refractivity contribution in [2.45, 2.75) is 25.0 Å². The van der Waals surface area contributed by atoms with Gasteiger partial charge in [-0.15, -0.1) is 0 Å². The first-order valence-electron chi connectivity index (χ1n) is 4.43. The molecule has 0 amide bonds. The van der Waals surface area contributed by atoms with Crippen molar-refractivity contribution in [3.63, 3.8) is 0 Å². The molecule has 1 atom stereocenters. The summed E-state index contributed by atoms with van der Waals surface area (Å²) in [6, 6.07) is -1.39. The summed E-state index contributed by atoms with van der Waals surface area (Å²) in [4.78, 5) is 37.0. The fraction of sp³-hybridized carbons (Fsp3) is 1.00. The normalized spacial score (nSPS) is 16.6. The third kappa shape index (κ3) is 2.72. The van der Waals surface area contributed by atoms with Crippen molar-refractivity contribution in [1.82, 2.24) is 4.90 Å². The number of likely N-dealkylation sites (N-methyl/N-ethyl adjacent to an activating group) is 1. The van der Waals surface area contributed by atoms with Crippen LogP contribution in [0.4, 0.5) is 0 Å². The van der Waals surface area contributed by atoms with Gasteiger partial charge in [0, 0.05) is 0 Å². The second kappa shape index (κ2) is 4.84. The van der Waals surface area contributed by atoms with Gasteiger partial charge in [-0.2, -0.15) is 0 Å². The molecule has 0 saturated carbocycles. The fourth-order valence-electron chi connectivity index (χ4n) is 1.23. The first-order chi connectivity index (χ1) is 6.89. The van der Waals surface area contributed by atoms with E-state index in [4.69, 9.17) is 19.6 Å². The van der Waals surface area contributed by atoms with Gasteiger partial charge in [-0.05, 0) is 20.5 Å². The number of rotatable bonds is 5. The van der Waals surface area contributed by atoms with E-state index in [0.717, 1.165) is 6.92 Å². The number of aliphatic hydroxyl groups is 1. The lowest BCUT2D eigenvalue weighted by Gasteiger charge is -2.38. The van der Waals surface area contributed by atoms with Gasteiger partial charge in [0.05, 0.1) is 6.04 Å². The molecule has 10 heteroatoms. The minimum absolute atomic E-state index is 0.267. The molecule has 0 radical (unpaired) electrons. The molecule has 98 valence electrons. The molecule has 0 aliphatic carbocycles. The van der Waals surface area contributed by atoms with Crippen LogP contribution in [0, 0.1) is 0 Å². The zero-order chi connectivity index (χ0) is 13.4. The summed E-state index contributed by atoms with van der Waals surface area (Å²) in [5.74, 6) is 0. The van der Waals surface area contributed by atoms with Crippen molar-refractivity contribution in [2.75, 3.05) is 13.6 Å². The van der Waals surface area contributed by atoms with E-state index in [2.05, 4.69) is 0 Å². The van der Waals surface area contributed by atoms with Gasteiger partial charge in [0.25, 0.3) is 5.08 Å². The maximum Gasteiger partial charge on any atom is 0.371 e. The van der Waals surface area contributed by atoms with Crippen LogP contribution in [0.1, 0.15) is 13.8 Å². The summed E-state index contributed by atoms with van der Waals surface area (Å²) in [6.45, 7) is 3.03. The molecule has 5 N–H and O–H groups in total. The molecule has 1 unspecified atom stereocenters. The monoisotopic (exact) mass is 277 g/mol. The molecule has 16 heavy (non-hydrogen) atoms. The Balaban J connectivity index is 5.63. The van der Waals surface area contributed by atoms with Crippen LogP contribution in [0.2, 0.25) is 0 Å². The molecule has 0 aliphatic rings. The summed E-state index contributed by atoms with van der Waals surface area (Å²) in [5, 5.41) is 6.30. The first-order valence-corrected chi connectivity index (χ1v) is 7.66. The molecule has 0 spiro atoms. The molecule has 0 aromatic carbocycles. The Bertz CT molecular complexity index is 312. The van der Waals surface area contributed by atoms with Gasteiger partial charge in [0.2, 0.25) is 0 Å². The van der Waals surface area contributed by atoms with Gasteiger partial charge in [-0.25, -0.2) is 0 Å². The number of nitrogens with zero attached hydrogens (tertiary/aromatic N) is 1. The van der Waals surface area contributed by atoms with Crippen LogP contribution in [0.15, 0.2) is 0 Å². The Morgan fingerprint density at radius 2 is 1.50 bits per heavy atom. The smallest absolute Gasteiger partial charge is 0.366 e. The summed E-state index contributed by atoms with van der Waals surface area (Å²) < 4.78 is 22.2. The standard InChI is InChI=1S/C6H17NO7P2/c1-4-7(3)5(2)6(8,15(9,10)11)16(12,13)14/h5,8H,4H2,1-3H3,(H2,9,10,11)(H2,12,13,14). The minimum Gasteiger partial charge on any atom is -0.366 e. The maximum absolute atomic E-state index is 11.1. The lowest BCUT2D eigenvalue weighted by Crippen LogP contribution is -2.49. The highest BCUT2D eigenvalue weighted by atomic mass is 31.2. The summed E-state index contributed by atoms with van der Waals surface area (Å²) in [6.07, 6.45) is 0. The number of hydrogen-bond donors (Lipinski definition) is 5. The molecular weight excluding hydrogens is 260 g/mol. The zero-order valence-corrected chi connectivity index (χ0v) is 11.0. The van der Waals surface area contributed by atoms with Gasteiger partial charge < -0.3 is 24.7 Å². The maximum atomic E-state index is 11.1. The van der Waals surface area contributed by atoms with Gasteiger partial charge in [-0.3, -0.25) is 14.0 Å². The Labute approximate surface area is 93.2 Å². The quantitative estimate of drug-likeness (QED) is 0.417. The Hall–Kier alpha value is 0.220. The minimum atomic E-state index is -5.38. The van der Waals surface area contributed by atoms with Crippen molar-refractivity contribution in [2.24, 2.45) is 0 Å². The van der Waals surface area contributed by atoms with Crippen LogP contribution < -0.4 is 0 Å². The highest BCUT2D eigenvalue weighted by molar-refractivity contribution is 7.72. The molecule has 0 fully saturated rings. The van der Waals surface area contributed by atoms with Crippen LogP contribution in [-0.2, 0) is 9.13 Å². The average Bonchev–Trinajstić information content (AvgIpc) is 2.10. The van der Waals surface area contributed by atoms with E-state index in [0.29, 0.717) is 0 Å². The molecule has 0 rings (SSSR count). The van der Waals surface area contributed by atoms with Gasteiger partial charge in [0.1, 0.15) is 0 Å². The average molecular weight is 277 g/mol. The van der Waals surface area contributed by atoms with Gasteiger partial charge >= 0.3 is 15.2 Å². The van der Waals surface area contributed by atoms with Crippen LogP contribution in [0.3, 0.4) is 0 Å². The number of hydrogen-bond acceptors (Lipinski definition) is 4. The van der Waals surface area contributed by atoms with Crippen LogP contribution in [0.5, 0.6) is 0 Å². The lowest BCUT2D eigenvalue weighted by atomic mass is 10.3. The van der Waals surface area contributed by atoms with E-state index >= 15 is 0 Å². The molecule has 0 aliphatic heterocycles. The molecule has 0 aromatic heterocycles. The predicted molar refractivity (Wildman–Crippen MR) is 56.8 cm³/mol.